The van der Waals surface area contributed by atoms with Gasteiger partial charge in [-0.2, -0.15) is 0 Å². The van der Waals surface area contributed by atoms with Gasteiger partial charge in [0.05, 0.1) is 11.7 Å². The van der Waals surface area contributed by atoms with Crippen molar-refractivity contribution in [2.45, 2.75) is 39.7 Å². The van der Waals surface area contributed by atoms with Crippen molar-refractivity contribution >= 4 is 38.8 Å². The fraction of sp³-hybridized carbons (Fsp3) is 0.261. The summed E-state index contributed by atoms with van der Waals surface area (Å²) in [5.41, 5.74) is 1.57. The minimum absolute atomic E-state index is 0.127. The molecule has 0 spiro atoms. The number of rotatable bonds is 6. The fourth-order valence-corrected chi connectivity index (χ4v) is 3.25. The predicted molar refractivity (Wildman–Crippen MR) is 116 cm³/mol. The van der Waals surface area contributed by atoms with Gasteiger partial charge in [-0.05, 0) is 68.7 Å². The number of ether oxygens (including phenoxy) is 2. The number of carbonyl (C=O) groups excluding carboxylic acids is 2. The van der Waals surface area contributed by atoms with E-state index in [4.69, 9.17) is 13.9 Å². The van der Waals surface area contributed by atoms with Crippen LogP contribution in [-0.4, -0.2) is 18.0 Å². The van der Waals surface area contributed by atoms with Crippen LogP contribution in [0.3, 0.4) is 0 Å². The lowest BCUT2D eigenvalue weighted by atomic mass is 10.0. The van der Waals surface area contributed by atoms with Crippen LogP contribution in [-0.2, 0) is 16.0 Å². The Hall–Kier alpha value is -2.93. The lowest BCUT2D eigenvalue weighted by molar-refractivity contribution is -0.147. The standard InChI is InChI=1S/C23H21BrO6/c1-13(2)28-21(25)9-6-16-11-18-14(3)10-22(26)29-20(18)12-19(16)30-23(27)15-4-7-17(24)8-5-15/h4-5,7-8,10-13H,6,9H2,1-3H3. The van der Waals surface area contributed by atoms with E-state index < -0.39 is 11.6 Å². The van der Waals surface area contributed by atoms with Crippen LogP contribution >= 0.6 is 15.9 Å². The van der Waals surface area contributed by atoms with Crippen LogP contribution in [0.25, 0.3) is 11.0 Å². The Morgan fingerprint density at radius 3 is 2.47 bits per heavy atom. The van der Waals surface area contributed by atoms with Gasteiger partial charge in [0, 0.05) is 28.4 Å². The molecule has 0 radical (unpaired) electrons. The van der Waals surface area contributed by atoms with E-state index in [-0.39, 0.29) is 24.2 Å². The molecule has 0 amide bonds. The van der Waals surface area contributed by atoms with E-state index in [2.05, 4.69) is 15.9 Å². The van der Waals surface area contributed by atoms with Crippen molar-refractivity contribution < 1.29 is 23.5 Å². The highest BCUT2D eigenvalue weighted by Gasteiger charge is 2.17. The summed E-state index contributed by atoms with van der Waals surface area (Å²) < 4.78 is 16.9. The molecule has 0 fully saturated rings. The molecule has 0 bridgehead atoms. The third-order valence-corrected chi connectivity index (χ3v) is 4.91. The van der Waals surface area contributed by atoms with E-state index in [1.54, 1.807) is 51.1 Å². The Bertz CT molecular complexity index is 1140. The summed E-state index contributed by atoms with van der Waals surface area (Å²) >= 11 is 3.33. The van der Waals surface area contributed by atoms with Crippen molar-refractivity contribution in [1.29, 1.82) is 0 Å². The Morgan fingerprint density at radius 2 is 1.80 bits per heavy atom. The van der Waals surface area contributed by atoms with Crippen LogP contribution in [0.2, 0.25) is 0 Å². The molecular weight excluding hydrogens is 452 g/mol. The molecule has 156 valence electrons. The Labute approximate surface area is 181 Å². The van der Waals surface area contributed by atoms with Gasteiger partial charge in [0.2, 0.25) is 0 Å². The topological polar surface area (TPSA) is 82.8 Å². The van der Waals surface area contributed by atoms with Gasteiger partial charge in [-0.25, -0.2) is 9.59 Å². The summed E-state index contributed by atoms with van der Waals surface area (Å²) in [5, 5.41) is 0.713. The number of hydrogen-bond acceptors (Lipinski definition) is 6. The van der Waals surface area contributed by atoms with Crippen molar-refractivity contribution in [2.24, 2.45) is 0 Å². The zero-order valence-corrected chi connectivity index (χ0v) is 18.4. The second-order valence-electron chi connectivity index (χ2n) is 7.14. The normalized spacial score (nSPS) is 11.0. The van der Waals surface area contributed by atoms with Crippen molar-refractivity contribution in [2.75, 3.05) is 0 Å². The van der Waals surface area contributed by atoms with Crippen molar-refractivity contribution in [1.82, 2.24) is 0 Å². The SMILES string of the molecule is Cc1cc(=O)oc2cc(OC(=O)c3ccc(Br)cc3)c(CCC(=O)OC(C)C)cc12. The molecule has 0 saturated carbocycles. The van der Waals surface area contributed by atoms with Crippen LogP contribution in [0, 0.1) is 6.92 Å². The third kappa shape index (κ3) is 5.36. The summed E-state index contributed by atoms with van der Waals surface area (Å²) in [6.45, 7) is 5.36. The maximum absolute atomic E-state index is 12.6. The second-order valence-corrected chi connectivity index (χ2v) is 8.06. The van der Waals surface area contributed by atoms with Crippen LogP contribution in [0.4, 0.5) is 0 Å². The Kier molecular flexibility index (Phi) is 6.72. The molecule has 0 aliphatic rings. The number of aryl methyl sites for hydroxylation is 2. The first kappa shape index (κ1) is 21.8. The van der Waals surface area contributed by atoms with Gasteiger partial charge in [-0.15, -0.1) is 0 Å². The van der Waals surface area contributed by atoms with Crippen LogP contribution < -0.4 is 10.4 Å². The Morgan fingerprint density at radius 1 is 1.10 bits per heavy atom. The maximum Gasteiger partial charge on any atom is 0.343 e. The molecule has 30 heavy (non-hydrogen) atoms. The minimum atomic E-state index is -0.553. The first-order valence-corrected chi connectivity index (χ1v) is 10.3. The molecule has 1 heterocycles. The number of benzene rings is 2. The molecule has 0 aliphatic carbocycles. The van der Waals surface area contributed by atoms with E-state index in [9.17, 15) is 14.4 Å². The zero-order valence-electron chi connectivity index (χ0n) is 16.9. The number of carbonyl (C=O) groups is 2. The van der Waals surface area contributed by atoms with Crippen LogP contribution in [0.1, 0.15) is 41.8 Å². The molecule has 0 atom stereocenters. The lowest BCUT2D eigenvalue weighted by Crippen LogP contribution is -2.13. The van der Waals surface area contributed by atoms with Crippen LogP contribution in [0.15, 0.2) is 56.1 Å². The quantitative estimate of drug-likeness (QED) is 0.286. The molecule has 0 aliphatic heterocycles. The van der Waals surface area contributed by atoms with Crippen molar-refractivity contribution in [3.8, 4) is 5.75 Å². The summed E-state index contributed by atoms with van der Waals surface area (Å²) in [4.78, 5) is 36.4. The third-order valence-electron chi connectivity index (χ3n) is 4.38. The summed E-state index contributed by atoms with van der Waals surface area (Å²) in [6, 6.07) is 11.4. The predicted octanol–water partition coefficient (Wildman–Crippen LogP) is 4.97. The first-order valence-electron chi connectivity index (χ1n) is 9.47. The first-order chi connectivity index (χ1) is 14.2. The van der Waals surface area contributed by atoms with Gasteiger partial charge in [0.25, 0.3) is 0 Å². The van der Waals surface area contributed by atoms with Crippen LogP contribution in [0.5, 0.6) is 5.75 Å². The molecule has 0 N–H and O–H groups in total. The lowest BCUT2D eigenvalue weighted by Gasteiger charge is -2.13. The zero-order chi connectivity index (χ0) is 21.8. The van der Waals surface area contributed by atoms with E-state index in [0.717, 1.165) is 10.0 Å². The van der Waals surface area contributed by atoms with Gasteiger partial charge in [0.15, 0.2) is 0 Å². The average molecular weight is 473 g/mol. The monoisotopic (exact) mass is 472 g/mol. The van der Waals surface area contributed by atoms with Crippen molar-refractivity contribution in [3.05, 3.63) is 74.0 Å². The fourth-order valence-electron chi connectivity index (χ4n) is 2.98. The van der Waals surface area contributed by atoms with Gasteiger partial charge in [-0.1, -0.05) is 15.9 Å². The Balaban J connectivity index is 1.96. The molecule has 6 nitrogen and oxygen atoms in total. The molecule has 2 aromatic carbocycles. The van der Waals surface area contributed by atoms with Crippen molar-refractivity contribution in [3.63, 3.8) is 0 Å². The van der Waals surface area contributed by atoms with E-state index in [0.29, 0.717) is 28.5 Å². The van der Waals surface area contributed by atoms with Gasteiger partial charge in [-0.3, -0.25) is 4.79 Å². The molecular formula is C23H21BrO6. The second kappa shape index (κ2) is 9.26. The van der Waals surface area contributed by atoms with E-state index >= 15 is 0 Å². The maximum atomic E-state index is 12.6. The molecule has 0 saturated heterocycles. The van der Waals surface area contributed by atoms with E-state index in [1.165, 1.54) is 12.1 Å². The molecule has 0 unspecified atom stereocenters. The highest BCUT2D eigenvalue weighted by Crippen LogP contribution is 2.29. The number of esters is 2. The van der Waals surface area contributed by atoms with Gasteiger partial charge in [0.1, 0.15) is 11.3 Å². The summed E-state index contributed by atoms with van der Waals surface area (Å²) in [5.74, 6) is -0.657. The highest BCUT2D eigenvalue weighted by atomic mass is 79.9. The average Bonchev–Trinajstić information content (AvgIpc) is 2.66. The number of fused-ring (bicyclic) bond motifs is 1. The molecule has 3 rings (SSSR count). The summed E-state index contributed by atoms with van der Waals surface area (Å²) in [7, 11) is 0. The molecule has 1 aromatic heterocycles. The largest absolute Gasteiger partial charge is 0.463 e. The number of halogens is 1. The van der Waals surface area contributed by atoms with E-state index in [1.807, 2.05) is 0 Å². The van der Waals surface area contributed by atoms with Gasteiger partial charge < -0.3 is 13.9 Å². The smallest absolute Gasteiger partial charge is 0.343 e. The summed E-state index contributed by atoms with van der Waals surface area (Å²) in [6.07, 6.45) is 0.228. The molecule has 7 heteroatoms. The van der Waals surface area contributed by atoms with Gasteiger partial charge >= 0.3 is 17.6 Å². The number of hydrogen-bond donors (Lipinski definition) is 0. The minimum Gasteiger partial charge on any atom is -0.463 e. The molecule has 3 aromatic rings. The highest BCUT2D eigenvalue weighted by molar-refractivity contribution is 9.10.